The van der Waals surface area contributed by atoms with Crippen LogP contribution in [-0.4, -0.2) is 20.6 Å². The first-order chi connectivity index (χ1) is 7.77. The molecular weight excluding hydrogens is 204 g/mol. The molecule has 2 aromatic heterocycles. The largest absolute Gasteiger partial charge is 0.331 e. The lowest BCUT2D eigenvalue weighted by Gasteiger charge is -2.13. The van der Waals surface area contributed by atoms with Crippen LogP contribution in [0.15, 0.2) is 43.2 Å². The van der Waals surface area contributed by atoms with Crippen LogP contribution >= 0.6 is 0 Å². The maximum atomic E-state index is 11.7. The highest BCUT2D eigenvalue weighted by Gasteiger charge is 2.09. The van der Waals surface area contributed by atoms with E-state index in [1.807, 2.05) is 19.1 Å². The van der Waals surface area contributed by atoms with Crippen molar-refractivity contribution >= 4 is 6.03 Å². The van der Waals surface area contributed by atoms with Gasteiger partial charge in [0.15, 0.2) is 0 Å². The molecule has 5 nitrogen and oxygen atoms in total. The average molecular weight is 216 g/mol. The van der Waals surface area contributed by atoms with Gasteiger partial charge in [0, 0.05) is 24.8 Å². The second-order valence-electron chi connectivity index (χ2n) is 3.43. The molecule has 1 N–H and O–H groups in total. The Bertz CT molecular complexity index is 452. The molecule has 0 aliphatic carbocycles. The van der Waals surface area contributed by atoms with Gasteiger partial charge in [-0.1, -0.05) is 6.07 Å². The summed E-state index contributed by atoms with van der Waals surface area (Å²) in [5.74, 6) is 0. The molecule has 1 amide bonds. The molecule has 5 heteroatoms. The first-order valence-corrected chi connectivity index (χ1v) is 4.96. The minimum absolute atomic E-state index is 0.0800. The maximum Gasteiger partial charge on any atom is 0.327 e. The maximum absolute atomic E-state index is 11.7. The van der Waals surface area contributed by atoms with Crippen LogP contribution in [0.25, 0.3) is 0 Å². The van der Waals surface area contributed by atoms with Crippen molar-refractivity contribution in [1.29, 1.82) is 0 Å². The van der Waals surface area contributed by atoms with Gasteiger partial charge in [-0.25, -0.2) is 9.78 Å². The molecule has 2 rings (SSSR count). The quantitative estimate of drug-likeness (QED) is 0.829. The molecule has 0 bridgehead atoms. The van der Waals surface area contributed by atoms with Gasteiger partial charge in [-0.05, 0) is 18.6 Å². The molecule has 0 saturated carbocycles. The van der Waals surface area contributed by atoms with E-state index in [9.17, 15) is 4.79 Å². The van der Waals surface area contributed by atoms with E-state index in [4.69, 9.17) is 0 Å². The van der Waals surface area contributed by atoms with E-state index in [0.717, 1.165) is 5.56 Å². The van der Waals surface area contributed by atoms with Crippen LogP contribution in [0.3, 0.4) is 0 Å². The van der Waals surface area contributed by atoms with E-state index in [-0.39, 0.29) is 12.1 Å². The van der Waals surface area contributed by atoms with Crippen LogP contribution in [-0.2, 0) is 0 Å². The Kier molecular flexibility index (Phi) is 2.95. The van der Waals surface area contributed by atoms with E-state index in [1.165, 1.54) is 10.9 Å². The smallest absolute Gasteiger partial charge is 0.327 e. The molecule has 16 heavy (non-hydrogen) atoms. The topological polar surface area (TPSA) is 59.8 Å². The molecule has 1 atom stereocenters. The molecule has 0 radical (unpaired) electrons. The second-order valence-corrected chi connectivity index (χ2v) is 3.43. The SMILES string of the molecule is C[C@@H](NC(=O)n1ccnc1)c1cccnc1. The number of hydrogen-bond donors (Lipinski definition) is 1. The molecule has 0 aromatic carbocycles. The molecule has 0 spiro atoms. The van der Waals surface area contributed by atoms with Crippen LogP contribution in [0.4, 0.5) is 4.79 Å². The summed E-state index contributed by atoms with van der Waals surface area (Å²) in [6.07, 6.45) is 8.07. The standard InChI is InChI=1S/C11H12N4O/c1-9(10-3-2-4-12-7-10)14-11(16)15-6-5-13-8-15/h2-9H,1H3,(H,14,16)/t9-/m1/s1. The number of rotatable bonds is 2. The number of pyridine rings is 1. The molecule has 0 aliphatic rings. The van der Waals surface area contributed by atoms with Crippen LogP contribution in [0.5, 0.6) is 0 Å². The predicted octanol–water partition coefficient (Wildman–Crippen LogP) is 1.60. The predicted molar refractivity (Wildman–Crippen MR) is 58.8 cm³/mol. The van der Waals surface area contributed by atoms with Gasteiger partial charge in [0.1, 0.15) is 6.33 Å². The fourth-order valence-electron chi connectivity index (χ4n) is 1.35. The third-order valence-electron chi connectivity index (χ3n) is 2.26. The van der Waals surface area contributed by atoms with E-state index in [0.29, 0.717) is 0 Å². The molecule has 0 aliphatic heterocycles. The molecule has 2 aromatic rings. The van der Waals surface area contributed by atoms with E-state index in [2.05, 4.69) is 15.3 Å². The lowest BCUT2D eigenvalue weighted by atomic mass is 10.1. The van der Waals surface area contributed by atoms with Gasteiger partial charge in [-0.3, -0.25) is 9.55 Å². The van der Waals surface area contributed by atoms with Crippen molar-refractivity contribution in [2.45, 2.75) is 13.0 Å². The van der Waals surface area contributed by atoms with Gasteiger partial charge < -0.3 is 5.32 Å². The van der Waals surface area contributed by atoms with Crippen molar-refractivity contribution in [3.63, 3.8) is 0 Å². The Balaban J connectivity index is 2.03. The van der Waals surface area contributed by atoms with Crippen molar-refractivity contribution in [1.82, 2.24) is 19.9 Å². The van der Waals surface area contributed by atoms with Gasteiger partial charge in [0.25, 0.3) is 0 Å². The van der Waals surface area contributed by atoms with E-state index >= 15 is 0 Å². The number of amides is 1. The minimum Gasteiger partial charge on any atom is -0.331 e. The number of imidazole rings is 1. The van der Waals surface area contributed by atoms with Gasteiger partial charge >= 0.3 is 6.03 Å². The normalized spacial score (nSPS) is 12.1. The van der Waals surface area contributed by atoms with Crippen LogP contribution in [0.1, 0.15) is 18.5 Å². The second kappa shape index (κ2) is 4.57. The monoisotopic (exact) mass is 216 g/mol. The van der Waals surface area contributed by atoms with Crippen LogP contribution in [0, 0.1) is 0 Å². The molecule has 0 fully saturated rings. The number of hydrogen-bond acceptors (Lipinski definition) is 3. The van der Waals surface area contributed by atoms with Crippen LogP contribution < -0.4 is 5.32 Å². The van der Waals surface area contributed by atoms with Crippen LogP contribution in [0.2, 0.25) is 0 Å². The highest BCUT2D eigenvalue weighted by molar-refractivity contribution is 5.76. The number of carbonyl (C=O) groups excluding carboxylic acids is 1. The van der Waals surface area contributed by atoms with Crippen molar-refractivity contribution in [3.8, 4) is 0 Å². The van der Waals surface area contributed by atoms with Gasteiger partial charge in [-0.2, -0.15) is 0 Å². The first-order valence-electron chi connectivity index (χ1n) is 4.96. The third-order valence-corrected chi connectivity index (χ3v) is 2.26. The van der Waals surface area contributed by atoms with Crippen molar-refractivity contribution < 1.29 is 4.79 Å². The zero-order valence-corrected chi connectivity index (χ0v) is 8.87. The molecule has 0 unspecified atom stereocenters. The summed E-state index contributed by atoms with van der Waals surface area (Å²) in [4.78, 5) is 19.5. The van der Waals surface area contributed by atoms with Gasteiger partial charge in [-0.15, -0.1) is 0 Å². The summed E-state index contributed by atoms with van der Waals surface area (Å²) in [5, 5.41) is 2.84. The Morgan fingerprint density at radius 3 is 2.94 bits per heavy atom. The Morgan fingerprint density at radius 2 is 2.31 bits per heavy atom. The Labute approximate surface area is 93.2 Å². The third kappa shape index (κ3) is 2.25. The fraction of sp³-hybridized carbons (Fsp3) is 0.182. The minimum atomic E-state index is -0.200. The van der Waals surface area contributed by atoms with Crippen molar-refractivity contribution in [3.05, 3.63) is 48.8 Å². The number of nitrogens with one attached hydrogen (secondary N) is 1. The van der Waals surface area contributed by atoms with Crippen molar-refractivity contribution in [2.75, 3.05) is 0 Å². The van der Waals surface area contributed by atoms with E-state index in [1.54, 1.807) is 24.8 Å². The molecule has 2 heterocycles. The lowest BCUT2D eigenvalue weighted by Crippen LogP contribution is -2.30. The first kappa shape index (κ1) is 10.4. The number of aromatic nitrogens is 3. The summed E-state index contributed by atoms with van der Waals surface area (Å²) in [5.41, 5.74) is 0.968. The fourth-order valence-corrected chi connectivity index (χ4v) is 1.35. The highest BCUT2D eigenvalue weighted by atomic mass is 16.2. The highest BCUT2D eigenvalue weighted by Crippen LogP contribution is 2.09. The summed E-state index contributed by atoms with van der Waals surface area (Å²) < 4.78 is 1.40. The zero-order valence-electron chi connectivity index (χ0n) is 8.87. The number of carbonyl (C=O) groups is 1. The molecule has 82 valence electrons. The molecule has 0 saturated heterocycles. The zero-order chi connectivity index (χ0) is 11.4. The van der Waals surface area contributed by atoms with Crippen molar-refractivity contribution in [2.24, 2.45) is 0 Å². The lowest BCUT2D eigenvalue weighted by molar-refractivity contribution is 0.239. The summed E-state index contributed by atoms with van der Waals surface area (Å²) in [7, 11) is 0. The summed E-state index contributed by atoms with van der Waals surface area (Å²) >= 11 is 0. The number of nitrogens with zero attached hydrogens (tertiary/aromatic N) is 3. The van der Waals surface area contributed by atoms with Gasteiger partial charge in [0.05, 0.1) is 6.04 Å². The average Bonchev–Trinajstić information content (AvgIpc) is 2.83. The summed E-state index contributed by atoms with van der Waals surface area (Å²) in [6.45, 7) is 1.91. The molecular formula is C11H12N4O. The summed E-state index contributed by atoms with van der Waals surface area (Å²) in [6, 6.07) is 3.48. The Hall–Kier alpha value is -2.17. The van der Waals surface area contributed by atoms with Gasteiger partial charge in [0.2, 0.25) is 0 Å². The Morgan fingerprint density at radius 1 is 1.44 bits per heavy atom. The van der Waals surface area contributed by atoms with E-state index < -0.39 is 0 Å².